The third-order valence-corrected chi connectivity index (χ3v) is 4.64. The van der Waals surface area contributed by atoms with E-state index in [1.54, 1.807) is 11.5 Å². The van der Waals surface area contributed by atoms with E-state index in [0.717, 1.165) is 38.5 Å². The summed E-state index contributed by atoms with van der Waals surface area (Å²) in [6, 6.07) is 8.48. The summed E-state index contributed by atoms with van der Waals surface area (Å²) in [5.74, 6) is 1.76. The van der Waals surface area contributed by atoms with Gasteiger partial charge < -0.3 is 4.90 Å². The number of benzene rings is 1. The zero-order chi connectivity index (χ0) is 13.8. The van der Waals surface area contributed by atoms with Gasteiger partial charge in [0.25, 0.3) is 0 Å². The van der Waals surface area contributed by atoms with Crippen molar-refractivity contribution >= 4 is 39.0 Å². The first-order valence-corrected chi connectivity index (χ1v) is 8.22. The van der Waals surface area contributed by atoms with Crippen LogP contribution < -0.4 is 4.90 Å². The van der Waals surface area contributed by atoms with Gasteiger partial charge in [0.05, 0.1) is 4.70 Å². The van der Waals surface area contributed by atoms with Crippen LogP contribution in [0.25, 0.3) is 10.1 Å². The summed E-state index contributed by atoms with van der Waals surface area (Å²) in [6.45, 7) is 5.25. The third-order valence-electron chi connectivity index (χ3n) is 3.65. The van der Waals surface area contributed by atoms with Crippen LogP contribution in [0.4, 0.5) is 5.82 Å². The Morgan fingerprint density at radius 3 is 2.75 bits per heavy atom. The van der Waals surface area contributed by atoms with E-state index in [1.165, 1.54) is 10.1 Å². The number of alkyl halides is 1. The molecule has 0 amide bonds. The second kappa shape index (κ2) is 6.57. The minimum absolute atomic E-state index is 0.602. The van der Waals surface area contributed by atoms with E-state index in [2.05, 4.69) is 44.5 Å². The Bertz CT molecular complexity index is 588. The van der Waals surface area contributed by atoms with E-state index in [1.807, 2.05) is 6.08 Å². The number of hydrogen-bond donors (Lipinski definition) is 0. The minimum atomic E-state index is 0.602. The van der Waals surface area contributed by atoms with Crippen molar-refractivity contribution in [1.82, 2.24) is 9.27 Å². The highest BCUT2D eigenvalue weighted by Gasteiger charge is 2.19. The average Bonchev–Trinajstić information content (AvgIpc) is 2.92. The molecule has 1 aromatic heterocycles. The van der Waals surface area contributed by atoms with Crippen LogP contribution in [0.5, 0.6) is 0 Å². The van der Waals surface area contributed by atoms with Crippen molar-refractivity contribution in [2.75, 3.05) is 43.5 Å². The second-order valence-electron chi connectivity index (χ2n) is 4.92. The van der Waals surface area contributed by atoms with Gasteiger partial charge in [-0.2, -0.15) is 4.37 Å². The average molecular weight is 308 g/mol. The van der Waals surface area contributed by atoms with Gasteiger partial charge in [0.15, 0.2) is 0 Å². The molecule has 0 saturated carbocycles. The van der Waals surface area contributed by atoms with Gasteiger partial charge in [0.1, 0.15) is 5.82 Å². The molecule has 106 valence electrons. The quantitative estimate of drug-likeness (QED) is 0.639. The molecule has 0 radical (unpaired) electrons. The topological polar surface area (TPSA) is 19.4 Å². The van der Waals surface area contributed by atoms with E-state index in [9.17, 15) is 0 Å². The highest BCUT2D eigenvalue weighted by atomic mass is 35.5. The summed E-state index contributed by atoms with van der Waals surface area (Å²) in [7, 11) is 0. The predicted octanol–water partition coefficient (Wildman–Crippen LogP) is 3.21. The Balaban J connectivity index is 1.65. The number of hydrogen-bond acceptors (Lipinski definition) is 4. The predicted molar refractivity (Wildman–Crippen MR) is 88.1 cm³/mol. The van der Waals surface area contributed by atoms with Crippen molar-refractivity contribution in [3.05, 3.63) is 36.4 Å². The molecule has 1 saturated heterocycles. The summed E-state index contributed by atoms with van der Waals surface area (Å²) in [5, 5.41) is 1.29. The molecule has 0 bridgehead atoms. The van der Waals surface area contributed by atoms with E-state index in [4.69, 9.17) is 11.6 Å². The molecule has 1 fully saturated rings. The Morgan fingerprint density at radius 2 is 1.95 bits per heavy atom. The SMILES string of the molecule is ClCC=CCN1CCN(c2nsc3ccccc23)CC1. The van der Waals surface area contributed by atoms with Crippen LogP contribution in [-0.2, 0) is 0 Å². The van der Waals surface area contributed by atoms with Crippen LogP contribution in [0.15, 0.2) is 36.4 Å². The van der Waals surface area contributed by atoms with Gasteiger partial charge >= 0.3 is 0 Å². The smallest absolute Gasteiger partial charge is 0.150 e. The van der Waals surface area contributed by atoms with Gasteiger partial charge in [-0.1, -0.05) is 24.3 Å². The molecule has 0 N–H and O–H groups in total. The Kier molecular flexibility index (Phi) is 4.55. The molecule has 3 nitrogen and oxygen atoms in total. The Hall–Kier alpha value is -1.10. The lowest BCUT2D eigenvalue weighted by molar-refractivity contribution is 0.283. The van der Waals surface area contributed by atoms with Crippen molar-refractivity contribution in [3.8, 4) is 0 Å². The number of allylic oxidation sites excluding steroid dienone is 1. The Labute approximate surface area is 128 Å². The fourth-order valence-corrected chi connectivity index (χ4v) is 3.45. The molecule has 20 heavy (non-hydrogen) atoms. The van der Waals surface area contributed by atoms with Gasteiger partial charge in [-0.15, -0.1) is 11.6 Å². The maximum Gasteiger partial charge on any atom is 0.150 e. The van der Waals surface area contributed by atoms with Gasteiger partial charge in [-0.3, -0.25) is 4.90 Å². The van der Waals surface area contributed by atoms with Crippen LogP contribution in [0.1, 0.15) is 0 Å². The van der Waals surface area contributed by atoms with Crippen molar-refractivity contribution in [1.29, 1.82) is 0 Å². The van der Waals surface area contributed by atoms with Gasteiger partial charge in [0, 0.05) is 44.0 Å². The van der Waals surface area contributed by atoms with Gasteiger partial charge in [-0.25, -0.2) is 0 Å². The lowest BCUT2D eigenvalue weighted by Crippen LogP contribution is -2.46. The summed E-state index contributed by atoms with van der Waals surface area (Å²) in [6.07, 6.45) is 4.17. The molecular weight excluding hydrogens is 290 g/mol. The second-order valence-corrected chi connectivity index (χ2v) is 6.03. The van der Waals surface area contributed by atoms with E-state index >= 15 is 0 Å². The number of nitrogens with zero attached hydrogens (tertiary/aromatic N) is 3. The van der Waals surface area contributed by atoms with Gasteiger partial charge in [-0.05, 0) is 23.7 Å². The van der Waals surface area contributed by atoms with E-state index in [0.29, 0.717) is 5.88 Å². The van der Waals surface area contributed by atoms with Crippen molar-refractivity contribution in [2.24, 2.45) is 0 Å². The van der Waals surface area contributed by atoms with Crippen molar-refractivity contribution in [2.45, 2.75) is 0 Å². The molecule has 1 aromatic carbocycles. The van der Waals surface area contributed by atoms with Crippen LogP contribution in [0, 0.1) is 0 Å². The molecule has 2 aromatic rings. The zero-order valence-electron chi connectivity index (χ0n) is 11.3. The summed E-state index contributed by atoms with van der Waals surface area (Å²) in [5.41, 5.74) is 0. The van der Waals surface area contributed by atoms with Crippen LogP contribution in [-0.4, -0.2) is 47.9 Å². The normalized spacial score (nSPS) is 17.4. The first kappa shape index (κ1) is 13.9. The number of halogens is 1. The molecule has 2 heterocycles. The highest BCUT2D eigenvalue weighted by molar-refractivity contribution is 7.13. The van der Waals surface area contributed by atoms with Crippen LogP contribution >= 0.6 is 23.1 Å². The zero-order valence-corrected chi connectivity index (χ0v) is 12.9. The number of anilines is 1. The standard InChI is InChI=1S/C15H18ClN3S/c16-7-3-4-8-18-9-11-19(12-10-18)15-13-5-1-2-6-14(13)20-17-15/h1-6H,7-12H2. The van der Waals surface area contributed by atoms with E-state index in [-0.39, 0.29) is 0 Å². The third kappa shape index (κ3) is 2.97. The molecular formula is C15H18ClN3S. The first-order chi connectivity index (χ1) is 9.88. The molecule has 5 heteroatoms. The minimum Gasteiger partial charge on any atom is -0.353 e. The van der Waals surface area contributed by atoms with Gasteiger partial charge in [0.2, 0.25) is 0 Å². The molecule has 1 aliphatic heterocycles. The maximum atomic E-state index is 5.64. The van der Waals surface area contributed by atoms with E-state index < -0.39 is 0 Å². The molecule has 0 unspecified atom stereocenters. The molecule has 0 spiro atoms. The van der Waals surface area contributed by atoms with Crippen LogP contribution in [0.3, 0.4) is 0 Å². The fraction of sp³-hybridized carbons (Fsp3) is 0.400. The summed E-state index contributed by atoms with van der Waals surface area (Å²) >= 11 is 7.24. The summed E-state index contributed by atoms with van der Waals surface area (Å²) < 4.78 is 5.91. The Morgan fingerprint density at radius 1 is 1.15 bits per heavy atom. The van der Waals surface area contributed by atoms with Crippen molar-refractivity contribution < 1.29 is 0 Å². The van der Waals surface area contributed by atoms with Crippen LogP contribution in [0.2, 0.25) is 0 Å². The number of piperazine rings is 1. The molecule has 1 aliphatic rings. The largest absolute Gasteiger partial charge is 0.353 e. The molecule has 3 rings (SSSR count). The highest BCUT2D eigenvalue weighted by Crippen LogP contribution is 2.29. The maximum absolute atomic E-state index is 5.64. The lowest BCUT2D eigenvalue weighted by Gasteiger charge is -2.34. The first-order valence-electron chi connectivity index (χ1n) is 6.91. The number of fused-ring (bicyclic) bond motifs is 1. The summed E-state index contributed by atoms with van der Waals surface area (Å²) in [4.78, 5) is 4.86. The lowest BCUT2D eigenvalue weighted by atomic mass is 10.2. The molecule has 0 aliphatic carbocycles. The molecule has 0 atom stereocenters. The number of rotatable bonds is 4. The number of aromatic nitrogens is 1. The monoisotopic (exact) mass is 307 g/mol. The fourth-order valence-electron chi connectivity index (χ4n) is 2.53. The van der Waals surface area contributed by atoms with Crippen molar-refractivity contribution in [3.63, 3.8) is 0 Å².